The lowest BCUT2D eigenvalue weighted by molar-refractivity contribution is 0.0955. The minimum Gasteiger partial charge on any atom is -0.497 e. The quantitative estimate of drug-likeness (QED) is 0.511. The molecule has 3 rings (SSSR count). The number of amides is 1. The van der Waals surface area contributed by atoms with Crippen LogP contribution in [0.2, 0.25) is 0 Å². The number of carbonyl (C=O) groups is 1. The van der Waals surface area contributed by atoms with Crippen LogP contribution in [0, 0.1) is 0 Å². The van der Waals surface area contributed by atoms with Gasteiger partial charge in [0.1, 0.15) is 18.1 Å². The summed E-state index contributed by atoms with van der Waals surface area (Å²) in [6.07, 6.45) is 1.58. The second kappa shape index (κ2) is 9.20. The maximum Gasteiger partial charge on any atom is 0.271 e. The topological polar surface area (TPSA) is 59.9 Å². The highest BCUT2D eigenvalue weighted by Crippen LogP contribution is 2.14. The molecule has 136 valence electrons. The van der Waals surface area contributed by atoms with Crippen LogP contribution in [0.25, 0.3) is 0 Å². The van der Waals surface area contributed by atoms with Crippen LogP contribution < -0.4 is 14.9 Å². The van der Waals surface area contributed by atoms with E-state index in [2.05, 4.69) is 10.5 Å². The van der Waals surface area contributed by atoms with Gasteiger partial charge in [0.25, 0.3) is 5.91 Å². The van der Waals surface area contributed by atoms with E-state index in [0.29, 0.717) is 17.9 Å². The largest absolute Gasteiger partial charge is 0.497 e. The summed E-state index contributed by atoms with van der Waals surface area (Å²) in [7, 11) is 1.56. The number of hydrogen-bond acceptors (Lipinski definition) is 4. The zero-order chi connectivity index (χ0) is 18.9. The summed E-state index contributed by atoms with van der Waals surface area (Å²) in [6, 6.07) is 24.4. The lowest BCUT2D eigenvalue weighted by atomic mass is 10.2. The van der Waals surface area contributed by atoms with Crippen LogP contribution in [0.1, 0.15) is 21.5 Å². The van der Waals surface area contributed by atoms with Crippen molar-refractivity contribution in [1.29, 1.82) is 0 Å². The SMILES string of the molecule is COc1cccc(C(=O)N/N=C\c2ccc(OCc3ccccc3)cc2)c1. The van der Waals surface area contributed by atoms with E-state index in [9.17, 15) is 4.79 Å². The number of benzene rings is 3. The molecule has 0 radical (unpaired) electrons. The van der Waals surface area contributed by atoms with Gasteiger partial charge in [0.05, 0.1) is 13.3 Å². The summed E-state index contributed by atoms with van der Waals surface area (Å²) in [5, 5.41) is 3.99. The first-order valence-corrected chi connectivity index (χ1v) is 8.49. The fourth-order valence-electron chi connectivity index (χ4n) is 2.39. The maximum atomic E-state index is 12.1. The molecular formula is C22H20N2O3. The normalized spacial score (nSPS) is 10.6. The van der Waals surface area contributed by atoms with E-state index >= 15 is 0 Å². The van der Waals surface area contributed by atoms with Crippen LogP contribution in [0.3, 0.4) is 0 Å². The molecule has 0 fully saturated rings. The molecule has 0 bridgehead atoms. The summed E-state index contributed by atoms with van der Waals surface area (Å²) in [6.45, 7) is 0.519. The Morgan fingerprint density at radius 1 is 0.963 bits per heavy atom. The molecule has 0 aliphatic rings. The molecule has 1 amide bonds. The highest BCUT2D eigenvalue weighted by atomic mass is 16.5. The molecule has 0 spiro atoms. The minimum absolute atomic E-state index is 0.298. The van der Waals surface area contributed by atoms with Crippen molar-refractivity contribution in [3.05, 3.63) is 95.6 Å². The first-order chi connectivity index (χ1) is 13.2. The molecule has 5 nitrogen and oxygen atoms in total. The summed E-state index contributed by atoms with van der Waals surface area (Å²) >= 11 is 0. The number of carbonyl (C=O) groups excluding carboxylic acids is 1. The monoisotopic (exact) mass is 360 g/mol. The molecule has 3 aromatic carbocycles. The Bertz CT molecular complexity index is 906. The van der Waals surface area contributed by atoms with Gasteiger partial charge >= 0.3 is 0 Å². The van der Waals surface area contributed by atoms with Crippen LogP contribution in [0.15, 0.2) is 84.0 Å². The Balaban J connectivity index is 1.52. The molecule has 0 saturated heterocycles. The van der Waals surface area contributed by atoms with E-state index < -0.39 is 0 Å². The van der Waals surface area contributed by atoms with Gasteiger partial charge in [-0.05, 0) is 53.6 Å². The van der Waals surface area contributed by atoms with Crippen molar-refractivity contribution >= 4 is 12.1 Å². The molecule has 0 aliphatic carbocycles. The number of nitrogens with zero attached hydrogens (tertiary/aromatic N) is 1. The smallest absolute Gasteiger partial charge is 0.271 e. The van der Waals surface area contributed by atoms with Crippen molar-refractivity contribution in [3.63, 3.8) is 0 Å². The van der Waals surface area contributed by atoms with Gasteiger partial charge in [-0.2, -0.15) is 5.10 Å². The van der Waals surface area contributed by atoms with Crippen molar-refractivity contribution in [1.82, 2.24) is 5.43 Å². The molecule has 1 N–H and O–H groups in total. The van der Waals surface area contributed by atoms with Gasteiger partial charge in [-0.3, -0.25) is 4.79 Å². The van der Waals surface area contributed by atoms with Gasteiger partial charge in [0.2, 0.25) is 0 Å². The average molecular weight is 360 g/mol. The number of rotatable bonds is 7. The molecule has 5 heteroatoms. The second-order valence-corrected chi connectivity index (χ2v) is 5.77. The molecule has 0 saturated carbocycles. The summed E-state index contributed by atoms with van der Waals surface area (Å²) in [5.74, 6) is 1.10. The van der Waals surface area contributed by atoms with E-state index in [-0.39, 0.29) is 5.91 Å². The Labute approximate surface area is 158 Å². The van der Waals surface area contributed by atoms with Crippen molar-refractivity contribution in [2.75, 3.05) is 7.11 Å². The van der Waals surface area contributed by atoms with Crippen LogP contribution >= 0.6 is 0 Å². The molecule has 0 atom stereocenters. The molecule has 0 heterocycles. The Morgan fingerprint density at radius 3 is 2.48 bits per heavy atom. The first-order valence-electron chi connectivity index (χ1n) is 8.49. The zero-order valence-electron chi connectivity index (χ0n) is 15.0. The zero-order valence-corrected chi connectivity index (χ0v) is 15.0. The fraction of sp³-hybridized carbons (Fsp3) is 0.0909. The molecule has 3 aromatic rings. The van der Waals surface area contributed by atoms with Gasteiger partial charge in [-0.25, -0.2) is 5.43 Å². The van der Waals surface area contributed by atoms with Gasteiger partial charge in [-0.1, -0.05) is 36.4 Å². The van der Waals surface area contributed by atoms with Gasteiger partial charge in [0, 0.05) is 5.56 Å². The number of ether oxygens (including phenoxy) is 2. The third-order valence-electron chi connectivity index (χ3n) is 3.84. The molecule has 0 aliphatic heterocycles. The van der Waals surface area contributed by atoms with Crippen molar-refractivity contribution in [3.8, 4) is 11.5 Å². The number of methoxy groups -OCH3 is 1. The molecular weight excluding hydrogens is 340 g/mol. The van der Waals surface area contributed by atoms with Gasteiger partial charge < -0.3 is 9.47 Å². The minimum atomic E-state index is -0.298. The van der Waals surface area contributed by atoms with Crippen molar-refractivity contribution < 1.29 is 14.3 Å². The number of hydrogen-bond donors (Lipinski definition) is 1. The van der Waals surface area contributed by atoms with Gasteiger partial charge in [0.15, 0.2) is 0 Å². The summed E-state index contributed by atoms with van der Waals surface area (Å²) in [5.41, 5.74) is 4.96. The maximum absolute atomic E-state index is 12.1. The van der Waals surface area contributed by atoms with E-state index in [1.54, 1.807) is 37.6 Å². The predicted molar refractivity (Wildman–Crippen MR) is 105 cm³/mol. The lowest BCUT2D eigenvalue weighted by Crippen LogP contribution is -2.17. The Kier molecular flexibility index (Phi) is 6.20. The molecule has 0 unspecified atom stereocenters. The molecule has 27 heavy (non-hydrogen) atoms. The lowest BCUT2D eigenvalue weighted by Gasteiger charge is -2.06. The Morgan fingerprint density at radius 2 is 1.74 bits per heavy atom. The summed E-state index contributed by atoms with van der Waals surface area (Å²) < 4.78 is 10.9. The van der Waals surface area contributed by atoms with Crippen LogP contribution in [0.5, 0.6) is 11.5 Å². The fourth-order valence-corrected chi connectivity index (χ4v) is 2.39. The highest BCUT2D eigenvalue weighted by Gasteiger charge is 2.04. The highest BCUT2D eigenvalue weighted by molar-refractivity contribution is 5.95. The second-order valence-electron chi connectivity index (χ2n) is 5.77. The van der Waals surface area contributed by atoms with Gasteiger partial charge in [-0.15, -0.1) is 0 Å². The van der Waals surface area contributed by atoms with E-state index in [4.69, 9.17) is 9.47 Å². The summed E-state index contributed by atoms with van der Waals surface area (Å²) in [4.78, 5) is 12.1. The van der Waals surface area contributed by atoms with Crippen LogP contribution in [-0.4, -0.2) is 19.2 Å². The van der Waals surface area contributed by atoms with E-state index in [1.165, 1.54) is 0 Å². The first kappa shape index (κ1) is 18.2. The van der Waals surface area contributed by atoms with E-state index in [0.717, 1.165) is 16.9 Å². The number of nitrogens with one attached hydrogen (secondary N) is 1. The molecule has 0 aromatic heterocycles. The van der Waals surface area contributed by atoms with Crippen LogP contribution in [0.4, 0.5) is 0 Å². The number of hydrazone groups is 1. The average Bonchev–Trinajstić information content (AvgIpc) is 2.74. The van der Waals surface area contributed by atoms with Crippen LogP contribution in [-0.2, 0) is 6.61 Å². The van der Waals surface area contributed by atoms with E-state index in [1.807, 2.05) is 54.6 Å². The predicted octanol–water partition coefficient (Wildman–Crippen LogP) is 4.04. The third-order valence-corrected chi connectivity index (χ3v) is 3.84. The Hall–Kier alpha value is -3.60. The van der Waals surface area contributed by atoms with Crippen molar-refractivity contribution in [2.24, 2.45) is 5.10 Å². The third kappa shape index (κ3) is 5.44. The van der Waals surface area contributed by atoms with Crippen molar-refractivity contribution in [2.45, 2.75) is 6.61 Å². The standard InChI is InChI=1S/C22H20N2O3/c1-26-21-9-5-8-19(14-21)22(25)24-23-15-17-10-12-20(13-11-17)27-16-18-6-3-2-4-7-18/h2-15H,16H2,1H3,(H,24,25)/b23-15-.